The van der Waals surface area contributed by atoms with Crippen LogP contribution in [-0.2, 0) is 4.79 Å². The van der Waals surface area contributed by atoms with E-state index in [2.05, 4.69) is 26.6 Å². The minimum Gasteiger partial charge on any atom is -0.324 e. The molecule has 0 bridgehead atoms. The number of nitrogens with one attached hydrogen (secondary N) is 2. The van der Waals surface area contributed by atoms with Crippen LogP contribution < -0.4 is 10.6 Å². The summed E-state index contributed by atoms with van der Waals surface area (Å²) in [6, 6.07) is 4.33. The first-order valence-corrected chi connectivity index (χ1v) is 6.85. The van der Waals surface area contributed by atoms with E-state index in [1.165, 1.54) is 6.07 Å². The molecule has 7 heteroatoms. The molecule has 1 aliphatic rings. The van der Waals surface area contributed by atoms with Crippen molar-refractivity contribution in [2.24, 2.45) is 0 Å². The average Bonchev–Trinajstić information content (AvgIpc) is 2.41. The first-order chi connectivity index (χ1) is 9.08. The number of benzene rings is 1. The lowest BCUT2D eigenvalue weighted by Gasteiger charge is -2.22. The average molecular weight is 328 g/mol. The van der Waals surface area contributed by atoms with Crippen molar-refractivity contribution in [2.75, 3.05) is 11.9 Å². The number of rotatable bonds is 3. The lowest BCUT2D eigenvalue weighted by Crippen LogP contribution is -2.43. The summed E-state index contributed by atoms with van der Waals surface area (Å²) in [7, 11) is 0. The normalized spacial score (nSPS) is 18.9. The predicted octanol–water partition coefficient (Wildman–Crippen LogP) is 2.44. The van der Waals surface area contributed by atoms with Gasteiger partial charge in [-0.1, -0.05) is 6.42 Å². The second-order valence-corrected chi connectivity index (χ2v) is 5.27. The zero-order valence-electron chi connectivity index (χ0n) is 10.2. The summed E-state index contributed by atoms with van der Waals surface area (Å²) in [6.45, 7) is 0.832. The quantitative estimate of drug-likeness (QED) is 0.659. The molecular weight excluding hydrogens is 314 g/mol. The summed E-state index contributed by atoms with van der Waals surface area (Å²) in [5, 5.41) is 16.7. The maximum atomic E-state index is 12.0. The molecule has 1 fully saturated rings. The molecule has 2 N–H and O–H groups in total. The Morgan fingerprint density at radius 1 is 1.47 bits per heavy atom. The molecule has 0 radical (unpaired) electrons. The van der Waals surface area contributed by atoms with E-state index in [4.69, 9.17) is 0 Å². The molecule has 1 amide bonds. The predicted molar refractivity (Wildman–Crippen MR) is 75.1 cm³/mol. The fourth-order valence-electron chi connectivity index (χ4n) is 2.04. The fourth-order valence-corrected chi connectivity index (χ4v) is 2.43. The van der Waals surface area contributed by atoms with E-state index < -0.39 is 4.92 Å². The zero-order valence-corrected chi connectivity index (χ0v) is 11.8. The molecular formula is C12H14BrN3O3. The Morgan fingerprint density at radius 3 is 2.89 bits per heavy atom. The standard InChI is InChI=1S/C12H14BrN3O3/c13-9-5-4-8(7-11(9)16(18)19)15-12(17)10-3-1-2-6-14-10/h4-5,7,10,14H,1-3,6H2,(H,15,17)/t10-/m0/s1. The van der Waals surface area contributed by atoms with Crippen LogP contribution >= 0.6 is 15.9 Å². The molecule has 0 aliphatic carbocycles. The smallest absolute Gasteiger partial charge is 0.285 e. The molecule has 19 heavy (non-hydrogen) atoms. The molecule has 1 aliphatic heterocycles. The van der Waals surface area contributed by atoms with Crippen LogP contribution in [0.1, 0.15) is 19.3 Å². The highest BCUT2D eigenvalue weighted by Crippen LogP contribution is 2.28. The Labute approximate surface area is 118 Å². The van der Waals surface area contributed by atoms with Crippen molar-refractivity contribution >= 4 is 33.2 Å². The molecule has 1 aromatic carbocycles. The van der Waals surface area contributed by atoms with Gasteiger partial charge in [-0.2, -0.15) is 0 Å². The summed E-state index contributed by atoms with van der Waals surface area (Å²) < 4.78 is 0.395. The molecule has 0 unspecified atom stereocenters. The van der Waals surface area contributed by atoms with Gasteiger partial charge in [-0.25, -0.2) is 0 Å². The van der Waals surface area contributed by atoms with Crippen molar-refractivity contribution < 1.29 is 9.72 Å². The number of nitrogens with zero attached hydrogens (tertiary/aromatic N) is 1. The molecule has 1 heterocycles. The third-order valence-electron chi connectivity index (χ3n) is 3.04. The summed E-state index contributed by atoms with van der Waals surface area (Å²) >= 11 is 3.11. The Bertz CT molecular complexity index is 501. The third kappa shape index (κ3) is 3.51. The molecule has 1 atom stereocenters. The first-order valence-electron chi connectivity index (χ1n) is 6.06. The van der Waals surface area contributed by atoms with Crippen LogP contribution in [0.4, 0.5) is 11.4 Å². The lowest BCUT2D eigenvalue weighted by molar-refractivity contribution is -0.385. The summed E-state index contributed by atoms with van der Waals surface area (Å²) in [6.07, 6.45) is 2.89. The number of carbonyl (C=O) groups is 1. The lowest BCUT2D eigenvalue weighted by atomic mass is 10.0. The maximum Gasteiger partial charge on any atom is 0.285 e. The number of piperidine rings is 1. The summed E-state index contributed by atoms with van der Waals surface area (Å²) in [4.78, 5) is 22.3. The van der Waals surface area contributed by atoms with Crippen LogP contribution in [0.2, 0.25) is 0 Å². The number of hydrogen-bond donors (Lipinski definition) is 2. The Balaban J connectivity index is 2.08. The van der Waals surface area contributed by atoms with E-state index >= 15 is 0 Å². The van der Waals surface area contributed by atoms with Gasteiger partial charge in [0.05, 0.1) is 15.4 Å². The van der Waals surface area contributed by atoms with Gasteiger partial charge >= 0.3 is 0 Å². The van der Waals surface area contributed by atoms with E-state index in [1.54, 1.807) is 12.1 Å². The number of nitro groups is 1. The monoisotopic (exact) mass is 327 g/mol. The van der Waals surface area contributed by atoms with Gasteiger partial charge in [-0.15, -0.1) is 0 Å². The highest BCUT2D eigenvalue weighted by Gasteiger charge is 2.21. The molecule has 1 saturated heterocycles. The summed E-state index contributed by atoms with van der Waals surface area (Å²) in [5.41, 5.74) is 0.377. The number of amides is 1. The molecule has 6 nitrogen and oxygen atoms in total. The van der Waals surface area contributed by atoms with Gasteiger partial charge in [-0.3, -0.25) is 14.9 Å². The van der Waals surface area contributed by atoms with Crippen molar-refractivity contribution in [1.82, 2.24) is 5.32 Å². The van der Waals surface area contributed by atoms with E-state index in [0.717, 1.165) is 25.8 Å². The fraction of sp³-hybridized carbons (Fsp3) is 0.417. The van der Waals surface area contributed by atoms with Crippen molar-refractivity contribution in [3.63, 3.8) is 0 Å². The molecule has 0 aromatic heterocycles. The highest BCUT2D eigenvalue weighted by atomic mass is 79.9. The number of halogens is 1. The minimum atomic E-state index is -0.488. The maximum absolute atomic E-state index is 12.0. The molecule has 0 saturated carbocycles. The molecule has 0 spiro atoms. The number of carbonyl (C=O) groups excluding carboxylic acids is 1. The zero-order chi connectivity index (χ0) is 13.8. The van der Waals surface area contributed by atoms with Gasteiger partial charge in [0.15, 0.2) is 0 Å². The number of anilines is 1. The van der Waals surface area contributed by atoms with Crippen LogP contribution in [0.25, 0.3) is 0 Å². The van der Waals surface area contributed by atoms with E-state index in [9.17, 15) is 14.9 Å². The molecule has 102 valence electrons. The van der Waals surface area contributed by atoms with Gasteiger partial charge < -0.3 is 10.6 Å². The SMILES string of the molecule is O=C(Nc1ccc(Br)c([N+](=O)[O-])c1)[C@@H]1CCCCN1. The van der Waals surface area contributed by atoms with E-state index in [0.29, 0.717) is 10.2 Å². The van der Waals surface area contributed by atoms with Gasteiger partial charge in [-0.05, 0) is 47.4 Å². The molecule has 2 rings (SSSR count). The topological polar surface area (TPSA) is 84.3 Å². The van der Waals surface area contributed by atoms with Crippen LogP contribution in [0.5, 0.6) is 0 Å². The van der Waals surface area contributed by atoms with Gasteiger partial charge in [0.1, 0.15) is 0 Å². The van der Waals surface area contributed by atoms with E-state index in [-0.39, 0.29) is 17.6 Å². The van der Waals surface area contributed by atoms with Gasteiger partial charge in [0.2, 0.25) is 5.91 Å². The Hall–Kier alpha value is -1.47. The van der Waals surface area contributed by atoms with Crippen molar-refractivity contribution in [1.29, 1.82) is 0 Å². The van der Waals surface area contributed by atoms with Crippen molar-refractivity contribution in [3.05, 3.63) is 32.8 Å². The largest absolute Gasteiger partial charge is 0.324 e. The molecule has 1 aromatic rings. The second-order valence-electron chi connectivity index (χ2n) is 4.42. The minimum absolute atomic E-state index is 0.0607. The number of hydrogen-bond acceptors (Lipinski definition) is 4. The Kier molecular flexibility index (Phi) is 4.49. The first kappa shape index (κ1) is 14.0. The highest BCUT2D eigenvalue weighted by molar-refractivity contribution is 9.10. The van der Waals surface area contributed by atoms with Crippen LogP contribution in [0, 0.1) is 10.1 Å². The van der Waals surface area contributed by atoms with Crippen LogP contribution in [0.15, 0.2) is 22.7 Å². The van der Waals surface area contributed by atoms with Crippen LogP contribution in [-0.4, -0.2) is 23.4 Å². The van der Waals surface area contributed by atoms with Crippen molar-refractivity contribution in [2.45, 2.75) is 25.3 Å². The van der Waals surface area contributed by atoms with Gasteiger partial charge in [0.25, 0.3) is 5.69 Å². The summed E-state index contributed by atoms with van der Waals surface area (Å²) in [5.74, 6) is -0.142. The van der Waals surface area contributed by atoms with Crippen LogP contribution in [0.3, 0.4) is 0 Å². The van der Waals surface area contributed by atoms with E-state index in [1.807, 2.05) is 0 Å². The van der Waals surface area contributed by atoms with Gasteiger partial charge in [0, 0.05) is 11.8 Å². The van der Waals surface area contributed by atoms with Crippen molar-refractivity contribution in [3.8, 4) is 0 Å². The third-order valence-corrected chi connectivity index (χ3v) is 3.71. The number of nitro benzene ring substituents is 1. The second kappa shape index (κ2) is 6.12. The Morgan fingerprint density at radius 2 is 2.26 bits per heavy atom.